The zero-order chi connectivity index (χ0) is 19.3. The smallest absolute Gasteiger partial charge is 0.266 e. The predicted octanol–water partition coefficient (Wildman–Crippen LogP) is 6.37. The van der Waals surface area contributed by atoms with E-state index in [1.165, 1.54) is 5.56 Å². The number of rotatable bonds is 4. The van der Waals surface area contributed by atoms with Crippen molar-refractivity contribution in [2.45, 2.75) is 12.3 Å². The summed E-state index contributed by atoms with van der Waals surface area (Å²) < 4.78 is 0. The standard InChI is InChI=1S/C25H21NOS/c1-19-15-17-22(18-16-19)26-24(27)23(14-8-11-20-9-4-2-5-10-20)28-25(26)21-12-6-3-7-13-21/h2-18,25H,1H3/b11-8+,23-14-/t25-/m1/s1. The summed E-state index contributed by atoms with van der Waals surface area (Å²) in [6.07, 6.45) is 5.90. The number of carbonyl (C=O) groups is 1. The third-order valence-corrected chi connectivity index (χ3v) is 5.91. The molecule has 0 aliphatic carbocycles. The molecular formula is C25H21NOS. The Hall–Kier alpha value is -3.04. The highest BCUT2D eigenvalue weighted by Crippen LogP contribution is 2.47. The van der Waals surface area contributed by atoms with Crippen molar-refractivity contribution in [3.8, 4) is 0 Å². The zero-order valence-electron chi connectivity index (χ0n) is 15.7. The third-order valence-electron chi connectivity index (χ3n) is 4.64. The monoisotopic (exact) mass is 383 g/mol. The Labute approximate surface area is 170 Å². The number of aryl methyl sites for hydroxylation is 1. The van der Waals surface area contributed by atoms with Gasteiger partial charge in [-0.1, -0.05) is 102 Å². The van der Waals surface area contributed by atoms with Gasteiger partial charge in [-0.3, -0.25) is 9.69 Å². The molecule has 1 heterocycles. The SMILES string of the molecule is Cc1ccc(N2C(=O)/C(=C/C=C/c3ccccc3)S[C@@H]2c2ccccc2)cc1. The van der Waals surface area contributed by atoms with Crippen LogP contribution in [0.1, 0.15) is 22.1 Å². The molecule has 138 valence electrons. The Morgan fingerprint density at radius 3 is 2.18 bits per heavy atom. The summed E-state index contributed by atoms with van der Waals surface area (Å²) in [5.41, 5.74) is 4.34. The molecule has 0 N–H and O–H groups in total. The van der Waals surface area contributed by atoms with E-state index in [4.69, 9.17) is 0 Å². The molecule has 4 rings (SSSR count). The van der Waals surface area contributed by atoms with Gasteiger partial charge in [0.15, 0.2) is 0 Å². The van der Waals surface area contributed by atoms with E-state index in [-0.39, 0.29) is 11.3 Å². The van der Waals surface area contributed by atoms with E-state index in [9.17, 15) is 4.79 Å². The average Bonchev–Trinajstić information content (AvgIpc) is 3.06. The number of hydrogen-bond donors (Lipinski definition) is 0. The number of hydrogen-bond acceptors (Lipinski definition) is 2. The highest BCUT2D eigenvalue weighted by Gasteiger charge is 2.37. The Balaban J connectivity index is 1.67. The number of nitrogens with zero attached hydrogens (tertiary/aromatic N) is 1. The molecule has 1 amide bonds. The van der Waals surface area contributed by atoms with Crippen molar-refractivity contribution in [3.05, 3.63) is 119 Å². The lowest BCUT2D eigenvalue weighted by molar-refractivity contribution is -0.114. The number of carbonyl (C=O) groups excluding carboxylic acids is 1. The van der Waals surface area contributed by atoms with Crippen molar-refractivity contribution in [2.75, 3.05) is 4.90 Å². The van der Waals surface area contributed by atoms with Gasteiger partial charge in [-0.15, -0.1) is 0 Å². The molecule has 0 aromatic heterocycles. The fourth-order valence-electron chi connectivity index (χ4n) is 3.16. The summed E-state index contributed by atoms with van der Waals surface area (Å²) in [7, 11) is 0. The van der Waals surface area contributed by atoms with Crippen LogP contribution in [-0.2, 0) is 4.79 Å². The van der Waals surface area contributed by atoms with Crippen LogP contribution in [0, 0.1) is 6.92 Å². The van der Waals surface area contributed by atoms with Gasteiger partial charge in [0.1, 0.15) is 5.37 Å². The van der Waals surface area contributed by atoms with Gasteiger partial charge in [-0.05, 0) is 36.3 Å². The van der Waals surface area contributed by atoms with Gasteiger partial charge >= 0.3 is 0 Å². The van der Waals surface area contributed by atoms with Crippen LogP contribution in [0.25, 0.3) is 6.08 Å². The maximum absolute atomic E-state index is 13.2. The van der Waals surface area contributed by atoms with Crippen LogP contribution in [0.3, 0.4) is 0 Å². The van der Waals surface area contributed by atoms with Crippen molar-refractivity contribution < 1.29 is 4.79 Å². The van der Waals surface area contributed by atoms with Crippen LogP contribution in [0.5, 0.6) is 0 Å². The summed E-state index contributed by atoms with van der Waals surface area (Å²) >= 11 is 1.60. The van der Waals surface area contributed by atoms with Gasteiger partial charge < -0.3 is 0 Å². The molecule has 0 saturated carbocycles. The van der Waals surface area contributed by atoms with Crippen molar-refractivity contribution in [3.63, 3.8) is 0 Å². The normalized spacial score (nSPS) is 18.3. The summed E-state index contributed by atoms with van der Waals surface area (Å²) in [5.74, 6) is 0.0421. The maximum atomic E-state index is 13.2. The molecule has 0 spiro atoms. The fraction of sp³-hybridized carbons (Fsp3) is 0.0800. The van der Waals surface area contributed by atoms with E-state index in [0.717, 1.165) is 21.7 Å². The molecule has 2 nitrogen and oxygen atoms in total. The number of allylic oxidation sites excluding steroid dienone is 2. The van der Waals surface area contributed by atoms with Crippen molar-refractivity contribution in [2.24, 2.45) is 0 Å². The molecular weight excluding hydrogens is 362 g/mol. The average molecular weight is 384 g/mol. The first-order valence-electron chi connectivity index (χ1n) is 9.27. The highest BCUT2D eigenvalue weighted by molar-refractivity contribution is 8.05. The lowest BCUT2D eigenvalue weighted by Crippen LogP contribution is -2.27. The van der Waals surface area contributed by atoms with Gasteiger partial charge in [-0.25, -0.2) is 0 Å². The first-order chi connectivity index (χ1) is 13.7. The second-order valence-corrected chi connectivity index (χ2v) is 7.81. The molecule has 1 aliphatic rings. The van der Waals surface area contributed by atoms with Crippen LogP contribution in [0.15, 0.2) is 102 Å². The fourth-order valence-corrected chi connectivity index (χ4v) is 4.38. The summed E-state index contributed by atoms with van der Waals surface area (Å²) in [4.78, 5) is 15.9. The first kappa shape index (κ1) is 18.3. The second kappa shape index (κ2) is 8.32. The summed E-state index contributed by atoms with van der Waals surface area (Å²) in [5, 5.41) is -0.0622. The topological polar surface area (TPSA) is 20.3 Å². The molecule has 3 heteroatoms. The maximum Gasteiger partial charge on any atom is 0.266 e. The zero-order valence-corrected chi connectivity index (χ0v) is 16.5. The second-order valence-electron chi connectivity index (χ2n) is 6.69. The molecule has 1 atom stereocenters. The van der Waals surface area contributed by atoms with Gasteiger partial charge in [0.05, 0.1) is 4.91 Å². The predicted molar refractivity (Wildman–Crippen MR) is 119 cm³/mol. The van der Waals surface area contributed by atoms with E-state index in [2.05, 4.69) is 19.1 Å². The molecule has 28 heavy (non-hydrogen) atoms. The minimum Gasteiger partial charge on any atom is -0.291 e. The Bertz CT molecular complexity index is 1010. The first-order valence-corrected chi connectivity index (χ1v) is 10.2. The van der Waals surface area contributed by atoms with E-state index in [0.29, 0.717) is 0 Å². The van der Waals surface area contributed by atoms with Crippen LogP contribution in [0.4, 0.5) is 5.69 Å². The van der Waals surface area contributed by atoms with Crippen molar-refractivity contribution in [1.82, 2.24) is 0 Å². The minimum absolute atomic E-state index is 0.0421. The Morgan fingerprint density at radius 1 is 0.857 bits per heavy atom. The van der Waals surface area contributed by atoms with Crippen LogP contribution < -0.4 is 4.90 Å². The molecule has 0 radical (unpaired) electrons. The number of anilines is 1. The van der Waals surface area contributed by atoms with E-state index >= 15 is 0 Å². The highest BCUT2D eigenvalue weighted by atomic mass is 32.2. The molecule has 0 unspecified atom stereocenters. The molecule has 3 aromatic rings. The Kier molecular flexibility index (Phi) is 5.45. The third kappa shape index (κ3) is 3.95. The molecule has 1 saturated heterocycles. The molecule has 0 bridgehead atoms. The number of thioether (sulfide) groups is 1. The van der Waals surface area contributed by atoms with Gasteiger partial charge in [0.2, 0.25) is 0 Å². The van der Waals surface area contributed by atoms with Gasteiger partial charge in [0.25, 0.3) is 5.91 Å². The molecule has 3 aromatic carbocycles. The Morgan fingerprint density at radius 2 is 1.50 bits per heavy atom. The van der Waals surface area contributed by atoms with Crippen LogP contribution in [0.2, 0.25) is 0 Å². The summed E-state index contributed by atoms with van der Waals surface area (Å²) in [6, 6.07) is 28.4. The molecule has 1 aliphatic heterocycles. The van der Waals surface area contributed by atoms with E-state index in [1.54, 1.807) is 11.8 Å². The van der Waals surface area contributed by atoms with Crippen LogP contribution >= 0.6 is 11.8 Å². The lowest BCUT2D eigenvalue weighted by Gasteiger charge is -2.23. The van der Waals surface area contributed by atoms with Gasteiger partial charge in [-0.2, -0.15) is 0 Å². The van der Waals surface area contributed by atoms with Crippen molar-refractivity contribution >= 4 is 29.4 Å². The number of benzene rings is 3. The van der Waals surface area contributed by atoms with Gasteiger partial charge in [0, 0.05) is 5.69 Å². The van der Waals surface area contributed by atoms with Crippen LogP contribution in [-0.4, -0.2) is 5.91 Å². The quantitative estimate of drug-likeness (QED) is 0.488. The largest absolute Gasteiger partial charge is 0.291 e. The summed E-state index contributed by atoms with van der Waals surface area (Å²) in [6.45, 7) is 2.05. The van der Waals surface area contributed by atoms with E-state index < -0.39 is 0 Å². The number of amides is 1. The molecule has 1 fully saturated rings. The minimum atomic E-state index is -0.0622. The van der Waals surface area contributed by atoms with E-state index in [1.807, 2.05) is 95.9 Å². The lowest BCUT2D eigenvalue weighted by atomic mass is 10.1. The van der Waals surface area contributed by atoms with Crippen molar-refractivity contribution in [1.29, 1.82) is 0 Å².